The van der Waals surface area contributed by atoms with Crippen molar-refractivity contribution in [1.82, 2.24) is 4.90 Å². The first-order chi connectivity index (χ1) is 11.9. The summed E-state index contributed by atoms with van der Waals surface area (Å²) in [5.41, 5.74) is 0.831. The van der Waals surface area contributed by atoms with Crippen LogP contribution in [0.3, 0.4) is 0 Å². The summed E-state index contributed by atoms with van der Waals surface area (Å²) in [6.45, 7) is 1.49. The third kappa shape index (κ3) is 4.23. The molecule has 0 bridgehead atoms. The number of ether oxygens (including phenoxy) is 1. The lowest BCUT2D eigenvalue weighted by molar-refractivity contribution is -0.139. The second kappa shape index (κ2) is 7.45. The quantitative estimate of drug-likeness (QED) is 0.726. The zero-order valence-electron chi connectivity index (χ0n) is 14.3. The Labute approximate surface area is 152 Å². The zero-order chi connectivity index (χ0) is 18.0. The van der Waals surface area contributed by atoms with E-state index < -0.39 is 15.8 Å². The van der Waals surface area contributed by atoms with Gasteiger partial charge >= 0.3 is 5.97 Å². The van der Waals surface area contributed by atoms with Crippen LogP contribution in [0.1, 0.15) is 47.3 Å². The Bertz CT molecular complexity index is 749. The topological polar surface area (TPSA) is 80.8 Å². The molecule has 1 saturated heterocycles. The predicted molar refractivity (Wildman–Crippen MR) is 95.5 cm³/mol. The van der Waals surface area contributed by atoms with Gasteiger partial charge in [-0.25, -0.2) is 13.2 Å². The minimum absolute atomic E-state index is 0.0211. The number of esters is 1. The maximum atomic E-state index is 12.7. The number of rotatable bonds is 5. The first-order valence-electron chi connectivity index (χ1n) is 8.60. The van der Waals surface area contributed by atoms with E-state index in [-0.39, 0.29) is 36.1 Å². The fourth-order valence-electron chi connectivity index (χ4n) is 3.73. The van der Waals surface area contributed by atoms with Crippen LogP contribution in [-0.4, -0.2) is 55.4 Å². The van der Waals surface area contributed by atoms with Gasteiger partial charge in [0.05, 0.1) is 11.5 Å². The molecular weight excluding hydrogens is 362 g/mol. The number of amides is 1. The Balaban J connectivity index is 1.67. The highest BCUT2D eigenvalue weighted by atomic mass is 32.2. The lowest BCUT2D eigenvalue weighted by Crippen LogP contribution is -2.48. The first kappa shape index (κ1) is 18.4. The van der Waals surface area contributed by atoms with Crippen LogP contribution < -0.4 is 0 Å². The van der Waals surface area contributed by atoms with Crippen molar-refractivity contribution in [3.63, 3.8) is 0 Å². The molecule has 0 aromatic carbocycles. The van der Waals surface area contributed by atoms with Gasteiger partial charge in [0.2, 0.25) is 0 Å². The van der Waals surface area contributed by atoms with E-state index in [0.29, 0.717) is 11.3 Å². The minimum Gasteiger partial charge on any atom is -0.451 e. The second-order valence-electron chi connectivity index (χ2n) is 6.81. The number of carbonyl (C=O) groups excluding carboxylic acids is 2. The summed E-state index contributed by atoms with van der Waals surface area (Å²) in [5, 5.41) is 1.81. The van der Waals surface area contributed by atoms with Crippen molar-refractivity contribution in [3.8, 4) is 0 Å². The highest BCUT2D eigenvalue weighted by Crippen LogP contribution is 2.29. The Morgan fingerprint density at radius 2 is 1.96 bits per heavy atom. The number of thiophene rings is 1. The SMILES string of the molecule is Cc1ccsc1C(=O)OCC(=O)N(C1CCCC1)[C@H]1CCS(=O)(=O)C1. The van der Waals surface area contributed by atoms with Crippen LogP contribution in [0.4, 0.5) is 0 Å². The van der Waals surface area contributed by atoms with Crippen LogP contribution in [0.15, 0.2) is 11.4 Å². The van der Waals surface area contributed by atoms with E-state index in [2.05, 4.69) is 0 Å². The van der Waals surface area contributed by atoms with E-state index in [0.717, 1.165) is 31.2 Å². The molecule has 1 aromatic rings. The van der Waals surface area contributed by atoms with Crippen molar-refractivity contribution in [2.75, 3.05) is 18.1 Å². The number of carbonyl (C=O) groups is 2. The van der Waals surface area contributed by atoms with Gasteiger partial charge in [-0.05, 0) is 43.2 Å². The standard InChI is InChI=1S/C17H23NO5S2/c1-12-6-8-24-16(12)17(20)23-10-15(19)18(13-4-2-3-5-13)14-7-9-25(21,22)11-14/h6,8,13-14H,2-5,7,9-11H2,1H3/t14-/m0/s1. The average Bonchev–Trinajstić information content (AvgIpc) is 3.28. The molecule has 0 spiro atoms. The van der Waals surface area contributed by atoms with Crippen LogP contribution >= 0.6 is 11.3 Å². The summed E-state index contributed by atoms with van der Waals surface area (Å²) >= 11 is 1.29. The van der Waals surface area contributed by atoms with Gasteiger partial charge in [-0.15, -0.1) is 11.3 Å². The van der Waals surface area contributed by atoms with Crippen LogP contribution in [0.25, 0.3) is 0 Å². The first-order valence-corrected chi connectivity index (χ1v) is 11.3. The molecular formula is C17H23NO5S2. The molecule has 6 nitrogen and oxygen atoms in total. The highest BCUT2D eigenvalue weighted by Gasteiger charge is 2.39. The van der Waals surface area contributed by atoms with Crippen molar-refractivity contribution >= 4 is 33.1 Å². The van der Waals surface area contributed by atoms with E-state index in [1.807, 2.05) is 18.4 Å². The molecule has 1 amide bonds. The van der Waals surface area contributed by atoms with Crippen LogP contribution in [0, 0.1) is 6.92 Å². The molecule has 138 valence electrons. The van der Waals surface area contributed by atoms with Gasteiger partial charge in [0.25, 0.3) is 5.91 Å². The molecule has 2 fully saturated rings. The monoisotopic (exact) mass is 385 g/mol. The third-order valence-electron chi connectivity index (χ3n) is 4.98. The summed E-state index contributed by atoms with van der Waals surface area (Å²) in [7, 11) is -3.08. The zero-order valence-corrected chi connectivity index (χ0v) is 15.9. The fourth-order valence-corrected chi connectivity index (χ4v) is 6.26. The molecule has 25 heavy (non-hydrogen) atoms. The van der Waals surface area contributed by atoms with Crippen molar-refractivity contribution < 1.29 is 22.7 Å². The number of nitrogens with zero attached hydrogens (tertiary/aromatic N) is 1. The molecule has 2 aliphatic rings. The molecule has 8 heteroatoms. The lowest BCUT2D eigenvalue weighted by Gasteiger charge is -2.33. The number of hydrogen-bond donors (Lipinski definition) is 0. The Morgan fingerprint density at radius 3 is 2.52 bits per heavy atom. The van der Waals surface area contributed by atoms with Gasteiger partial charge in [-0.1, -0.05) is 12.8 Å². The van der Waals surface area contributed by atoms with E-state index >= 15 is 0 Å². The molecule has 1 atom stereocenters. The summed E-state index contributed by atoms with van der Waals surface area (Å²) in [5.74, 6) is -0.627. The molecule has 1 aliphatic carbocycles. The van der Waals surface area contributed by atoms with Crippen molar-refractivity contribution in [2.45, 2.75) is 51.1 Å². The molecule has 1 aromatic heterocycles. The van der Waals surface area contributed by atoms with Crippen LogP contribution in [-0.2, 0) is 19.4 Å². The molecule has 2 heterocycles. The van der Waals surface area contributed by atoms with Crippen molar-refractivity contribution in [3.05, 3.63) is 21.9 Å². The molecule has 1 saturated carbocycles. The Kier molecular flexibility index (Phi) is 5.48. The Morgan fingerprint density at radius 1 is 1.24 bits per heavy atom. The molecule has 0 radical (unpaired) electrons. The van der Waals surface area contributed by atoms with Gasteiger partial charge < -0.3 is 9.64 Å². The maximum Gasteiger partial charge on any atom is 0.349 e. The summed E-state index contributed by atoms with van der Waals surface area (Å²) in [4.78, 5) is 27.1. The van der Waals surface area contributed by atoms with E-state index in [1.165, 1.54) is 11.3 Å². The van der Waals surface area contributed by atoms with Crippen molar-refractivity contribution in [2.24, 2.45) is 0 Å². The van der Waals surface area contributed by atoms with E-state index in [9.17, 15) is 18.0 Å². The number of sulfone groups is 1. The largest absolute Gasteiger partial charge is 0.451 e. The van der Waals surface area contributed by atoms with Gasteiger partial charge in [-0.2, -0.15) is 0 Å². The van der Waals surface area contributed by atoms with E-state index in [1.54, 1.807) is 4.90 Å². The van der Waals surface area contributed by atoms with Crippen molar-refractivity contribution in [1.29, 1.82) is 0 Å². The average molecular weight is 386 g/mol. The minimum atomic E-state index is -3.08. The van der Waals surface area contributed by atoms with Gasteiger partial charge in [0.15, 0.2) is 16.4 Å². The van der Waals surface area contributed by atoms with Crippen LogP contribution in [0.2, 0.25) is 0 Å². The highest BCUT2D eigenvalue weighted by molar-refractivity contribution is 7.91. The predicted octanol–water partition coefficient (Wildman–Crippen LogP) is 2.17. The molecule has 3 rings (SSSR count). The summed E-state index contributed by atoms with van der Waals surface area (Å²) in [6.07, 6.45) is 4.34. The van der Waals surface area contributed by atoms with Gasteiger partial charge in [0, 0.05) is 12.1 Å². The third-order valence-corrected chi connectivity index (χ3v) is 7.73. The van der Waals surface area contributed by atoms with E-state index in [4.69, 9.17) is 4.74 Å². The number of aryl methyl sites for hydroxylation is 1. The Hall–Kier alpha value is -1.41. The summed E-state index contributed by atoms with van der Waals surface area (Å²) < 4.78 is 28.9. The fraction of sp³-hybridized carbons (Fsp3) is 0.647. The second-order valence-corrected chi connectivity index (χ2v) is 9.95. The number of hydrogen-bond acceptors (Lipinski definition) is 6. The lowest BCUT2D eigenvalue weighted by atomic mass is 10.1. The molecule has 0 unspecified atom stereocenters. The maximum absolute atomic E-state index is 12.7. The smallest absolute Gasteiger partial charge is 0.349 e. The normalized spacial score (nSPS) is 22.8. The van der Waals surface area contributed by atoms with Gasteiger partial charge in [0.1, 0.15) is 4.88 Å². The van der Waals surface area contributed by atoms with Crippen LogP contribution in [0.5, 0.6) is 0 Å². The molecule has 0 N–H and O–H groups in total. The summed E-state index contributed by atoms with van der Waals surface area (Å²) in [6, 6.07) is 1.60. The van der Waals surface area contributed by atoms with Gasteiger partial charge in [-0.3, -0.25) is 4.79 Å². The molecule has 1 aliphatic heterocycles.